The van der Waals surface area contributed by atoms with Crippen molar-refractivity contribution in [2.75, 3.05) is 13.2 Å². The molecule has 1 saturated heterocycles. The van der Waals surface area contributed by atoms with Crippen LogP contribution in [-0.4, -0.2) is 35.1 Å². The molecule has 21 heavy (non-hydrogen) atoms. The summed E-state index contributed by atoms with van der Waals surface area (Å²) >= 11 is 0. The van der Waals surface area contributed by atoms with Gasteiger partial charge < -0.3 is 10.0 Å². The molecule has 1 unspecified atom stereocenters. The van der Waals surface area contributed by atoms with Crippen LogP contribution in [0.5, 0.6) is 0 Å². The van der Waals surface area contributed by atoms with Crippen molar-refractivity contribution < 1.29 is 9.90 Å². The van der Waals surface area contributed by atoms with Crippen LogP contribution >= 0.6 is 0 Å². The second-order valence-corrected chi connectivity index (χ2v) is 5.96. The summed E-state index contributed by atoms with van der Waals surface area (Å²) in [5.41, 5.74) is 2.11. The van der Waals surface area contributed by atoms with Crippen molar-refractivity contribution in [3.8, 4) is 0 Å². The number of benzene rings is 1. The highest BCUT2D eigenvalue weighted by atomic mass is 16.3. The van der Waals surface area contributed by atoms with E-state index >= 15 is 0 Å². The Kier molecular flexibility index (Phi) is 6.24. The van der Waals surface area contributed by atoms with Gasteiger partial charge in [-0.05, 0) is 56.2 Å². The predicted molar refractivity (Wildman–Crippen MR) is 85.4 cm³/mol. The van der Waals surface area contributed by atoms with Gasteiger partial charge in [-0.15, -0.1) is 0 Å². The Hall–Kier alpha value is -1.35. The number of carbonyl (C=O) groups is 1. The van der Waals surface area contributed by atoms with E-state index in [0.29, 0.717) is 6.04 Å². The number of hydrogen-bond donors (Lipinski definition) is 1. The third-order valence-corrected chi connectivity index (χ3v) is 4.35. The number of nitrogens with zero attached hydrogens (tertiary/aromatic N) is 1. The van der Waals surface area contributed by atoms with Gasteiger partial charge in [-0.2, -0.15) is 0 Å². The van der Waals surface area contributed by atoms with Crippen LogP contribution in [0.2, 0.25) is 0 Å². The molecule has 1 aliphatic rings. The highest BCUT2D eigenvalue weighted by Crippen LogP contribution is 2.23. The molecular formula is C18H27NO2. The Morgan fingerprint density at radius 1 is 1.29 bits per heavy atom. The van der Waals surface area contributed by atoms with Crippen LogP contribution in [0, 0.1) is 0 Å². The van der Waals surface area contributed by atoms with E-state index in [1.165, 1.54) is 18.4 Å². The first-order chi connectivity index (χ1) is 10.3. The van der Waals surface area contributed by atoms with E-state index in [9.17, 15) is 4.79 Å². The van der Waals surface area contributed by atoms with Gasteiger partial charge in [0, 0.05) is 24.8 Å². The maximum atomic E-state index is 12.6. The SMILES string of the molecule is CCCCc1ccc(C(=O)N2CCCC2CCCO)cc1. The van der Waals surface area contributed by atoms with Gasteiger partial charge in [-0.25, -0.2) is 0 Å². The molecule has 1 atom stereocenters. The van der Waals surface area contributed by atoms with E-state index in [-0.39, 0.29) is 12.5 Å². The normalized spacial score (nSPS) is 18.2. The van der Waals surface area contributed by atoms with Crippen molar-refractivity contribution in [3.05, 3.63) is 35.4 Å². The predicted octanol–water partition coefficient (Wildman–Crippen LogP) is 3.41. The van der Waals surface area contributed by atoms with Gasteiger partial charge in [0.2, 0.25) is 0 Å². The number of rotatable bonds is 7. The van der Waals surface area contributed by atoms with Gasteiger partial charge in [-0.3, -0.25) is 4.79 Å². The number of amides is 1. The zero-order valence-electron chi connectivity index (χ0n) is 13.1. The van der Waals surface area contributed by atoms with Gasteiger partial charge in [0.15, 0.2) is 0 Å². The molecule has 0 aliphatic carbocycles. The standard InChI is InChI=1S/C18H27NO2/c1-2-3-6-15-9-11-16(12-10-15)18(21)19-13-4-7-17(19)8-5-14-20/h9-12,17,20H,2-8,13-14H2,1H3. The van der Waals surface area contributed by atoms with Crippen LogP contribution in [0.25, 0.3) is 0 Å². The quantitative estimate of drug-likeness (QED) is 0.835. The summed E-state index contributed by atoms with van der Waals surface area (Å²) in [7, 11) is 0. The van der Waals surface area contributed by atoms with Crippen LogP contribution in [0.15, 0.2) is 24.3 Å². The lowest BCUT2D eigenvalue weighted by Crippen LogP contribution is -2.35. The molecule has 0 radical (unpaired) electrons. The molecule has 1 amide bonds. The van der Waals surface area contributed by atoms with Crippen LogP contribution in [-0.2, 0) is 6.42 Å². The lowest BCUT2D eigenvalue weighted by atomic mass is 10.0. The molecule has 1 aromatic rings. The van der Waals surface area contributed by atoms with Gasteiger partial charge in [-0.1, -0.05) is 25.5 Å². The van der Waals surface area contributed by atoms with Gasteiger partial charge in [0.1, 0.15) is 0 Å². The molecule has 116 valence electrons. The van der Waals surface area contributed by atoms with Gasteiger partial charge in [0.05, 0.1) is 0 Å². The number of aliphatic hydroxyl groups excluding tert-OH is 1. The van der Waals surface area contributed by atoms with Crippen molar-refractivity contribution in [1.82, 2.24) is 4.90 Å². The number of unbranched alkanes of at least 4 members (excludes halogenated alkanes) is 1. The summed E-state index contributed by atoms with van der Waals surface area (Å²) in [6.45, 7) is 3.26. The molecule has 1 aliphatic heterocycles. The molecule has 0 spiro atoms. The summed E-state index contributed by atoms with van der Waals surface area (Å²) in [5.74, 6) is 0.150. The zero-order chi connectivity index (χ0) is 15.1. The maximum absolute atomic E-state index is 12.6. The minimum atomic E-state index is 0.150. The van der Waals surface area contributed by atoms with E-state index in [4.69, 9.17) is 5.11 Å². The van der Waals surface area contributed by atoms with E-state index in [0.717, 1.165) is 44.2 Å². The molecule has 3 heteroatoms. The Morgan fingerprint density at radius 3 is 2.71 bits per heavy atom. The van der Waals surface area contributed by atoms with E-state index in [1.807, 2.05) is 17.0 Å². The number of carbonyl (C=O) groups excluding carboxylic acids is 1. The third-order valence-electron chi connectivity index (χ3n) is 4.35. The Bertz CT molecular complexity index is 441. The number of likely N-dealkylation sites (tertiary alicyclic amines) is 1. The zero-order valence-corrected chi connectivity index (χ0v) is 13.1. The van der Waals surface area contributed by atoms with Crippen LogP contribution < -0.4 is 0 Å². The van der Waals surface area contributed by atoms with Crippen molar-refractivity contribution in [1.29, 1.82) is 0 Å². The molecule has 1 aromatic carbocycles. The largest absolute Gasteiger partial charge is 0.396 e. The Balaban J connectivity index is 1.98. The summed E-state index contributed by atoms with van der Waals surface area (Å²) < 4.78 is 0. The number of aliphatic hydroxyl groups is 1. The van der Waals surface area contributed by atoms with Gasteiger partial charge >= 0.3 is 0 Å². The van der Waals surface area contributed by atoms with Crippen LogP contribution in [0.1, 0.15) is 61.4 Å². The fraction of sp³-hybridized carbons (Fsp3) is 0.611. The van der Waals surface area contributed by atoms with Crippen LogP contribution in [0.4, 0.5) is 0 Å². The fourth-order valence-corrected chi connectivity index (χ4v) is 3.09. The molecule has 1 N–H and O–H groups in total. The molecule has 0 aromatic heterocycles. The number of hydrogen-bond acceptors (Lipinski definition) is 2. The van der Waals surface area contributed by atoms with Crippen molar-refractivity contribution in [3.63, 3.8) is 0 Å². The summed E-state index contributed by atoms with van der Waals surface area (Å²) in [6.07, 6.45) is 7.33. The van der Waals surface area contributed by atoms with Crippen molar-refractivity contribution in [2.45, 2.75) is 57.9 Å². The molecule has 0 bridgehead atoms. The minimum Gasteiger partial charge on any atom is -0.396 e. The van der Waals surface area contributed by atoms with E-state index in [1.54, 1.807) is 0 Å². The molecular weight excluding hydrogens is 262 g/mol. The first kappa shape index (κ1) is 16.0. The third kappa shape index (κ3) is 4.31. The fourth-order valence-electron chi connectivity index (χ4n) is 3.09. The Morgan fingerprint density at radius 2 is 2.05 bits per heavy atom. The van der Waals surface area contributed by atoms with Gasteiger partial charge in [0.25, 0.3) is 5.91 Å². The Labute approximate surface area is 128 Å². The smallest absolute Gasteiger partial charge is 0.254 e. The highest BCUT2D eigenvalue weighted by molar-refractivity contribution is 5.94. The van der Waals surface area contributed by atoms with E-state index < -0.39 is 0 Å². The minimum absolute atomic E-state index is 0.150. The summed E-state index contributed by atoms with van der Waals surface area (Å²) in [4.78, 5) is 14.6. The average Bonchev–Trinajstić information content (AvgIpc) is 2.99. The molecule has 1 fully saturated rings. The lowest BCUT2D eigenvalue weighted by Gasteiger charge is -2.24. The highest BCUT2D eigenvalue weighted by Gasteiger charge is 2.28. The average molecular weight is 289 g/mol. The molecule has 0 saturated carbocycles. The lowest BCUT2D eigenvalue weighted by molar-refractivity contribution is 0.0724. The monoisotopic (exact) mass is 289 g/mol. The molecule has 1 heterocycles. The second kappa shape index (κ2) is 8.18. The maximum Gasteiger partial charge on any atom is 0.254 e. The first-order valence-electron chi connectivity index (χ1n) is 8.27. The second-order valence-electron chi connectivity index (χ2n) is 5.96. The van der Waals surface area contributed by atoms with E-state index in [2.05, 4.69) is 19.1 Å². The summed E-state index contributed by atoms with van der Waals surface area (Å²) in [5, 5.41) is 8.97. The topological polar surface area (TPSA) is 40.5 Å². The molecule has 2 rings (SSSR count). The molecule has 3 nitrogen and oxygen atoms in total. The van der Waals surface area contributed by atoms with Crippen molar-refractivity contribution in [2.24, 2.45) is 0 Å². The first-order valence-corrected chi connectivity index (χ1v) is 8.27. The van der Waals surface area contributed by atoms with Crippen LogP contribution in [0.3, 0.4) is 0 Å². The summed E-state index contributed by atoms with van der Waals surface area (Å²) in [6, 6.07) is 8.41. The number of aryl methyl sites for hydroxylation is 1. The van der Waals surface area contributed by atoms with Crippen molar-refractivity contribution >= 4 is 5.91 Å².